The first-order chi connectivity index (χ1) is 8.58. The van der Waals surface area contributed by atoms with Crippen molar-refractivity contribution in [1.82, 2.24) is 5.32 Å². The van der Waals surface area contributed by atoms with Crippen LogP contribution in [0, 0.1) is 5.82 Å². The molecule has 0 saturated carbocycles. The van der Waals surface area contributed by atoms with Gasteiger partial charge in [0.1, 0.15) is 5.82 Å². The molecular weight excluding hydrogens is 301 g/mol. The van der Waals surface area contributed by atoms with Crippen LogP contribution in [-0.4, -0.2) is 24.7 Å². The van der Waals surface area contributed by atoms with Crippen LogP contribution in [0.15, 0.2) is 22.7 Å². The van der Waals surface area contributed by atoms with E-state index in [4.69, 9.17) is 4.74 Å². The number of ether oxygens (including phenoxy) is 1. The van der Waals surface area contributed by atoms with Crippen molar-refractivity contribution >= 4 is 21.8 Å². The van der Waals surface area contributed by atoms with E-state index >= 15 is 0 Å². The van der Waals surface area contributed by atoms with Crippen LogP contribution in [0.1, 0.15) is 30.1 Å². The zero-order valence-electron chi connectivity index (χ0n) is 10.1. The summed E-state index contributed by atoms with van der Waals surface area (Å²) in [6, 6.07) is 4.29. The van der Waals surface area contributed by atoms with E-state index < -0.39 is 11.7 Å². The Kier molecular flexibility index (Phi) is 4.35. The highest BCUT2D eigenvalue weighted by atomic mass is 79.9. The largest absolute Gasteiger partial charge is 0.376 e. The molecule has 1 N–H and O–H groups in total. The number of hydrogen-bond donors (Lipinski definition) is 1. The molecule has 1 saturated heterocycles. The van der Waals surface area contributed by atoms with Gasteiger partial charge >= 0.3 is 0 Å². The molecule has 18 heavy (non-hydrogen) atoms. The highest BCUT2D eigenvalue weighted by molar-refractivity contribution is 9.10. The molecule has 2 unspecified atom stereocenters. The number of rotatable bonds is 3. The van der Waals surface area contributed by atoms with Crippen LogP contribution in [0.5, 0.6) is 0 Å². The predicted octanol–water partition coefficient (Wildman–Crippen LogP) is 2.89. The maximum atomic E-state index is 13.6. The first-order valence-electron chi connectivity index (χ1n) is 5.95. The summed E-state index contributed by atoms with van der Waals surface area (Å²) in [6.07, 6.45) is 1.98. The maximum absolute atomic E-state index is 13.6. The smallest absolute Gasteiger partial charge is 0.254 e. The minimum absolute atomic E-state index is 0.0347. The number of nitrogens with one attached hydrogen (secondary N) is 1. The summed E-state index contributed by atoms with van der Waals surface area (Å²) in [7, 11) is 0. The van der Waals surface area contributed by atoms with Gasteiger partial charge < -0.3 is 10.1 Å². The summed E-state index contributed by atoms with van der Waals surface area (Å²) < 4.78 is 19.7. The summed E-state index contributed by atoms with van der Waals surface area (Å²) in [5.74, 6) is -0.926. The number of carbonyl (C=O) groups is 1. The molecule has 98 valence electrons. The third-order valence-corrected chi connectivity index (χ3v) is 3.55. The Balaban J connectivity index is 2.02. The maximum Gasteiger partial charge on any atom is 0.254 e. The molecule has 2 rings (SSSR count). The van der Waals surface area contributed by atoms with Crippen LogP contribution in [0.25, 0.3) is 0 Å². The van der Waals surface area contributed by atoms with E-state index in [1.807, 2.05) is 6.92 Å². The quantitative estimate of drug-likeness (QED) is 0.931. The van der Waals surface area contributed by atoms with Gasteiger partial charge in [-0.05, 0) is 38.0 Å². The van der Waals surface area contributed by atoms with Crippen LogP contribution in [-0.2, 0) is 4.74 Å². The Morgan fingerprint density at radius 3 is 3.00 bits per heavy atom. The van der Waals surface area contributed by atoms with Gasteiger partial charge in [-0.15, -0.1) is 0 Å². The van der Waals surface area contributed by atoms with Crippen LogP contribution in [0.3, 0.4) is 0 Å². The van der Waals surface area contributed by atoms with Gasteiger partial charge in [-0.25, -0.2) is 4.39 Å². The second-order valence-electron chi connectivity index (χ2n) is 4.44. The standard InChI is InChI=1S/C13H15BrFNO2/c1-8(12-3-2-6-18-12)16-13(17)10-5-4-9(14)7-11(10)15/h4-5,7-8,12H,2-3,6H2,1H3,(H,16,17). The Hall–Kier alpha value is -0.940. The zero-order valence-corrected chi connectivity index (χ0v) is 11.7. The van der Waals surface area contributed by atoms with Crippen LogP contribution in [0.2, 0.25) is 0 Å². The molecule has 1 amide bonds. The van der Waals surface area contributed by atoms with E-state index in [2.05, 4.69) is 21.2 Å². The Morgan fingerprint density at radius 1 is 1.61 bits per heavy atom. The molecule has 0 spiro atoms. The molecule has 1 aliphatic heterocycles. The van der Waals surface area contributed by atoms with Crippen LogP contribution in [0.4, 0.5) is 4.39 Å². The Morgan fingerprint density at radius 2 is 2.39 bits per heavy atom. The van der Waals surface area contributed by atoms with Gasteiger partial charge in [-0.3, -0.25) is 4.79 Å². The molecule has 1 aliphatic rings. The monoisotopic (exact) mass is 315 g/mol. The van der Waals surface area contributed by atoms with Gasteiger partial charge in [0.05, 0.1) is 17.7 Å². The van der Waals surface area contributed by atoms with Crippen molar-refractivity contribution in [3.63, 3.8) is 0 Å². The van der Waals surface area contributed by atoms with Crippen molar-refractivity contribution in [3.8, 4) is 0 Å². The fraction of sp³-hybridized carbons (Fsp3) is 0.462. The molecule has 3 nitrogen and oxygen atoms in total. The summed E-state index contributed by atoms with van der Waals surface area (Å²) in [5.41, 5.74) is 0.0584. The molecule has 0 aromatic heterocycles. The molecule has 1 aromatic carbocycles. The second kappa shape index (κ2) is 5.80. The molecule has 0 radical (unpaired) electrons. The van der Waals surface area contributed by atoms with E-state index in [0.29, 0.717) is 4.47 Å². The highest BCUT2D eigenvalue weighted by Crippen LogP contribution is 2.18. The number of hydrogen-bond acceptors (Lipinski definition) is 2. The van der Waals surface area contributed by atoms with Crippen molar-refractivity contribution in [1.29, 1.82) is 0 Å². The normalized spacial score (nSPS) is 20.7. The van der Waals surface area contributed by atoms with Crippen molar-refractivity contribution in [3.05, 3.63) is 34.1 Å². The fourth-order valence-corrected chi connectivity index (χ4v) is 2.38. The van der Waals surface area contributed by atoms with Crippen molar-refractivity contribution in [2.24, 2.45) is 0 Å². The van der Waals surface area contributed by atoms with E-state index in [1.54, 1.807) is 6.07 Å². The molecular formula is C13H15BrFNO2. The Bertz CT molecular complexity index is 447. The van der Waals surface area contributed by atoms with Gasteiger partial charge in [0.15, 0.2) is 0 Å². The first-order valence-corrected chi connectivity index (χ1v) is 6.75. The lowest BCUT2D eigenvalue weighted by molar-refractivity contribution is 0.0710. The van der Waals surface area contributed by atoms with E-state index in [9.17, 15) is 9.18 Å². The number of halogens is 2. The van der Waals surface area contributed by atoms with Gasteiger partial charge in [-0.2, -0.15) is 0 Å². The lowest BCUT2D eigenvalue weighted by Crippen LogP contribution is -2.41. The minimum Gasteiger partial charge on any atom is -0.376 e. The lowest BCUT2D eigenvalue weighted by Gasteiger charge is -2.20. The molecule has 1 fully saturated rings. The third-order valence-electron chi connectivity index (χ3n) is 3.06. The third kappa shape index (κ3) is 3.09. The van der Waals surface area contributed by atoms with E-state index in [0.717, 1.165) is 19.4 Å². The van der Waals surface area contributed by atoms with Crippen molar-refractivity contribution < 1.29 is 13.9 Å². The highest BCUT2D eigenvalue weighted by Gasteiger charge is 2.24. The van der Waals surface area contributed by atoms with Gasteiger partial charge in [0, 0.05) is 11.1 Å². The number of amides is 1. The summed E-state index contributed by atoms with van der Waals surface area (Å²) in [5, 5.41) is 2.78. The Labute approximate surface area is 114 Å². The molecule has 0 aliphatic carbocycles. The number of carbonyl (C=O) groups excluding carboxylic acids is 1. The summed E-state index contributed by atoms with van der Waals surface area (Å²) in [6.45, 7) is 2.61. The average Bonchev–Trinajstić information content (AvgIpc) is 2.81. The summed E-state index contributed by atoms with van der Waals surface area (Å²) >= 11 is 3.16. The minimum atomic E-state index is -0.526. The molecule has 1 heterocycles. The summed E-state index contributed by atoms with van der Waals surface area (Å²) in [4.78, 5) is 11.9. The van der Waals surface area contributed by atoms with Gasteiger partial charge in [0.25, 0.3) is 5.91 Å². The average molecular weight is 316 g/mol. The molecule has 2 atom stereocenters. The molecule has 0 bridgehead atoms. The zero-order chi connectivity index (χ0) is 13.1. The first kappa shape index (κ1) is 13.5. The second-order valence-corrected chi connectivity index (χ2v) is 5.35. The SMILES string of the molecule is CC(NC(=O)c1ccc(Br)cc1F)C1CCCO1. The topological polar surface area (TPSA) is 38.3 Å². The van der Waals surface area contributed by atoms with Crippen molar-refractivity contribution in [2.75, 3.05) is 6.61 Å². The van der Waals surface area contributed by atoms with Crippen LogP contribution >= 0.6 is 15.9 Å². The molecule has 5 heteroatoms. The van der Waals surface area contributed by atoms with E-state index in [1.165, 1.54) is 12.1 Å². The lowest BCUT2D eigenvalue weighted by atomic mass is 10.1. The van der Waals surface area contributed by atoms with Crippen molar-refractivity contribution in [2.45, 2.75) is 31.9 Å². The van der Waals surface area contributed by atoms with Gasteiger partial charge in [0.2, 0.25) is 0 Å². The molecule has 1 aromatic rings. The van der Waals surface area contributed by atoms with Gasteiger partial charge in [-0.1, -0.05) is 15.9 Å². The van der Waals surface area contributed by atoms with E-state index in [-0.39, 0.29) is 17.7 Å². The number of benzene rings is 1. The predicted molar refractivity (Wildman–Crippen MR) is 70.0 cm³/mol. The fourth-order valence-electron chi connectivity index (χ4n) is 2.05. The van der Waals surface area contributed by atoms with Crippen LogP contribution < -0.4 is 5.32 Å².